The molecule has 5 heterocycles. The van der Waals surface area contributed by atoms with E-state index in [1.54, 1.807) is 62.3 Å². The van der Waals surface area contributed by atoms with Gasteiger partial charge in [-0.2, -0.15) is 0 Å². The molecule has 0 radical (unpaired) electrons. The van der Waals surface area contributed by atoms with Gasteiger partial charge in [0.1, 0.15) is 47.6 Å². The number of rotatable bonds is 8. The van der Waals surface area contributed by atoms with Gasteiger partial charge in [-0.25, -0.2) is 4.98 Å². The number of nitrogens with zero attached hydrogens (tertiary/aromatic N) is 5. The molecule has 6 aliphatic rings. The molecular weight excluding hydrogens is 1190 g/mol. The number of hydrogen-bond donors (Lipinski definition) is 3. The number of nitrogens with two attached hydrogens (primary N) is 1. The number of ether oxygens (including phenoxy) is 2. The Kier molecular flexibility index (Phi) is 21.7. The van der Waals surface area contributed by atoms with Gasteiger partial charge in [0.25, 0.3) is 11.8 Å². The van der Waals surface area contributed by atoms with Crippen LogP contribution >= 0.6 is 0 Å². The third-order valence-electron chi connectivity index (χ3n) is 18.8. The van der Waals surface area contributed by atoms with Crippen molar-refractivity contribution in [3.05, 3.63) is 44.6 Å². The first-order chi connectivity index (χ1) is 42.9. The van der Waals surface area contributed by atoms with E-state index in [1.165, 1.54) is 60.8 Å². The summed E-state index contributed by atoms with van der Waals surface area (Å²) >= 11 is 0. The second kappa shape index (κ2) is 28.1. The monoisotopic (exact) mass is 1280 g/mol. The fourth-order valence-corrected chi connectivity index (χ4v) is 13.2. The first kappa shape index (κ1) is 70.9. The van der Waals surface area contributed by atoms with Crippen LogP contribution in [0, 0.1) is 73.0 Å². The molecule has 12 atom stereocenters. The van der Waals surface area contributed by atoms with Crippen molar-refractivity contribution in [1.82, 2.24) is 35.2 Å². The molecule has 1 aromatic rings. The normalized spacial score (nSPS) is 27.7. The van der Waals surface area contributed by atoms with Crippen LogP contribution in [-0.2, 0) is 67.0 Å². The summed E-state index contributed by atoms with van der Waals surface area (Å²) in [5.41, 5.74) is 3.45. The van der Waals surface area contributed by atoms with Crippen LogP contribution in [0.1, 0.15) is 141 Å². The van der Waals surface area contributed by atoms with Gasteiger partial charge < -0.3 is 49.9 Å². The molecule has 498 valence electrons. The Hall–Kier alpha value is -8.58. The van der Waals surface area contributed by atoms with Crippen molar-refractivity contribution >= 4 is 98.9 Å². The Morgan fingerprint density at radius 1 is 0.554 bits per heavy atom. The number of fused-ring (bicyclic) bond motifs is 4. The van der Waals surface area contributed by atoms with E-state index in [9.17, 15) is 57.5 Å². The number of ketones is 6. The van der Waals surface area contributed by atoms with Gasteiger partial charge in [-0.05, 0) is 63.0 Å². The number of carbonyl (C=O) groups excluding carboxylic acids is 14. The lowest BCUT2D eigenvalue weighted by molar-refractivity contribution is -0.162. The molecular formula is C66H86N8O18. The van der Waals surface area contributed by atoms with Gasteiger partial charge in [-0.1, -0.05) is 75.3 Å². The fourth-order valence-electron chi connectivity index (χ4n) is 13.2. The van der Waals surface area contributed by atoms with E-state index in [0.29, 0.717) is 5.56 Å². The number of likely N-dealkylation sites (N-methyl/N-ethyl adjacent to an activating group) is 2. The molecule has 1 aromatic carbocycles. The zero-order chi connectivity index (χ0) is 68.7. The molecule has 12 unspecified atom stereocenters. The van der Waals surface area contributed by atoms with Crippen LogP contribution in [-0.4, -0.2) is 183 Å². The van der Waals surface area contributed by atoms with E-state index in [2.05, 4.69) is 10.6 Å². The zero-order valence-electron chi connectivity index (χ0n) is 55.2. The van der Waals surface area contributed by atoms with Gasteiger partial charge in [-0.3, -0.25) is 71.9 Å². The molecule has 26 heteroatoms. The highest BCUT2D eigenvalue weighted by Crippen LogP contribution is 2.37. The van der Waals surface area contributed by atoms with Gasteiger partial charge in [0.05, 0.1) is 54.8 Å². The smallest absolute Gasteiger partial charge is 0.310 e. The number of cyclic esters (lactones) is 2. The van der Waals surface area contributed by atoms with Gasteiger partial charge in [0, 0.05) is 69.0 Å². The molecule has 4 fully saturated rings. The number of Topliss-reactive ketones (excluding diaryl/α,β-unsaturated/α-hetero) is 6. The SMILES string of the molecule is Cc1c2oc3c(C)ccc(C(=O)NC4C(=O)CC(C(C)C)C(=O)N5CC(=O)CC5C(=O)N(C)CC(=O)C(C)C(C(C)C)C(=O)OC4C)c3nc-2c(C(=O)NC2C(=O)CC(C(C)C)C(=O)N3CC(=O)CC3C(=O)N(C)CC(=O)C(C)C(C(C)C)C(=O)OC2C)c(N)c1=O. The number of nitrogen functional groups attached to an aromatic ring is 1. The molecule has 0 aromatic heterocycles. The number of aromatic nitrogens is 1. The third-order valence-corrected chi connectivity index (χ3v) is 18.8. The summed E-state index contributed by atoms with van der Waals surface area (Å²) < 4.78 is 18.4. The van der Waals surface area contributed by atoms with E-state index in [1.807, 2.05) is 0 Å². The van der Waals surface area contributed by atoms with E-state index < -0.39 is 239 Å². The zero-order valence-corrected chi connectivity index (χ0v) is 55.2. The highest BCUT2D eigenvalue weighted by atomic mass is 16.5. The molecule has 5 aliphatic heterocycles. The summed E-state index contributed by atoms with van der Waals surface area (Å²) in [5.74, 6) is -19.9. The number of esters is 2. The number of anilines is 1. The number of hydrogen-bond acceptors (Lipinski definition) is 20. The number of nitrogens with one attached hydrogen (secondary N) is 2. The lowest BCUT2D eigenvalue weighted by Crippen LogP contribution is -2.54. The van der Waals surface area contributed by atoms with Gasteiger partial charge in [0.2, 0.25) is 29.1 Å². The minimum absolute atomic E-state index is 0.0910. The Morgan fingerprint density at radius 2 is 0.967 bits per heavy atom. The van der Waals surface area contributed by atoms with E-state index in [0.717, 1.165) is 19.6 Å². The van der Waals surface area contributed by atoms with Crippen LogP contribution in [0.2, 0.25) is 0 Å². The van der Waals surface area contributed by atoms with Crippen molar-refractivity contribution < 1.29 is 81.0 Å². The Bertz CT molecular complexity index is 3590. The topological polar surface area (TPSA) is 364 Å². The molecule has 0 bridgehead atoms. The van der Waals surface area contributed by atoms with Crippen molar-refractivity contribution in [1.29, 1.82) is 0 Å². The Balaban J connectivity index is 1.33. The molecule has 6 amide bonds. The van der Waals surface area contributed by atoms with E-state index in [4.69, 9.17) is 24.6 Å². The van der Waals surface area contributed by atoms with Crippen molar-refractivity contribution in [2.45, 2.75) is 159 Å². The Morgan fingerprint density at radius 3 is 1.37 bits per heavy atom. The van der Waals surface area contributed by atoms with E-state index in [-0.39, 0.29) is 40.8 Å². The van der Waals surface area contributed by atoms with Crippen LogP contribution in [0.15, 0.2) is 21.3 Å². The summed E-state index contributed by atoms with van der Waals surface area (Å²) in [7, 11) is 2.71. The second-order valence-corrected chi connectivity index (χ2v) is 26.9. The lowest BCUT2D eigenvalue weighted by Gasteiger charge is -2.34. The molecule has 4 saturated heterocycles. The van der Waals surface area contributed by atoms with Crippen LogP contribution in [0.25, 0.3) is 22.6 Å². The maximum absolute atomic E-state index is 15.2. The first-order valence-corrected chi connectivity index (χ1v) is 31.3. The maximum atomic E-state index is 15.2. The van der Waals surface area contributed by atoms with Gasteiger partial charge in [0.15, 0.2) is 46.0 Å². The largest absolute Gasteiger partial charge is 0.460 e. The molecule has 26 nitrogen and oxygen atoms in total. The highest BCUT2D eigenvalue weighted by Gasteiger charge is 2.49. The summed E-state index contributed by atoms with van der Waals surface area (Å²) in [6.45, 7) is 20.0. The standard InChI is InChI=1S/C66H86N8O18/c1-27(2)40-21-44(77)52(35(13)90-65(88)48(29(5)6)32(10)46(79)25-71(15)63(86)42-19-37(75)23-73(42)61(40)84)69-59(82)39-18-17-31(9)57-54(39)68-55-50(51(67)56(81)34(12)58(55)92-57)60(83)70-53-36(14)91-66(89)49(30(7)8)33(11)47(80)26-72(16)64(87)43-20-38(76)24-74(43)62(85)41(28(3)4)22-45(53)78/h17-18,27-30,32-33,35-36,40-43,48-49,52-53H,19-26,67H2,1-16H3,(H,69,82)(H,70,83). The van der Waals surface area contributed by atoms with Crippen LogP contribution < -0.4 is 21.8 Å². The summed E-state index contributed by atoms with van der Waals surface area (Å²) in [4.78, 5) is 223. The molecule has 0 saturated carbocycles. The molecule has 4 N–H and O–H groups in total. The fraction of sp³-hybridized carbons (Fsp3) is 0.606. The maximum Gasteiger partial charge on any atom is 0.310 e. The van der Waals surface area contributed by atoms with Crippen LogP contribution in [0.4, 0.5) is 5.69 Å². The quantitative estimate of drug-likeness (QED) is 0.165. The average molecular weight is 1280 g/mol. The van der Waals surface area contributed by atoms with Crippen molar-refractivity contribution in [2.24, 2.45) is 59.2 Å². The third kappa shape index (κ3) is 14.2. The molecule has 0 spiro atoms. The molecule has 1 aliphatic carbocycles. The van der Waals surface area contributed by atoms with Crippen molar-refractivity contribution in [3.8, 4) is 11.5 Å². The molecule has 7 rings (SSSR count). The predicted molar refractivity (Wildman–Crippen MR) is 331 cm³/mol. The minimum atomic E-state index is -1.83. The number of carbonyl (C=O) groups is 14. The minimum Gasteiger partial charge on any atom is -0.460 e. The van der Waals surface area contributed by atoms with Crippen LogP contribution in [0.3, 0.4) is 0 Å². The van der Waals surface area contributed by atoms with E-state index >= 15 is 14.4 Å². The molecule has 92 heavy (non-hydrogen) atoms. The van der Waals surface area contributed by atoms with Gasteiger partial charge >= 0.3 is 11.9 Å². The van der Waals surface area contributed by atoms with Crippen molar-refractivity contribution in [2.75, 3.05) is 46.0 Å². The number of aryl methyl sites for hydroxylation is 1. The number of amides is 6. The predicted octanol–water partition coefficient (Wildman–Crippen LogP) is 3.25. The second-order valence-electron chi connectivity index (χ2n) is 26.9. The highest BCUT2D eigenvalue weighted by molar-refractivity contribution is 6.11. The van der Waals surface area contributed by atoms with Crippen molar-refractivity contribution in [3.63, 3.8) is 0 Å². The lowest BCUT2D eigenvalue weighted by atomic mass is 9.81. The summed E-state index contributed by atoms with van der Waals surface area (Å²) in [6.07, 6.45) is -4.94. The van der Waals surface area contributed by atoms with Gasteiger partial charge in [-0.15, -0.1) is 0 Å². The first-order valence-electron chi connectivity index (χ1n) is 31.3. The summed E-state index contributed by atoms with van der Waals surface area (Å²) in [5, 5.41) is 5.27. The number of benzene rings is 2. The Labute approximate surface area is 533 Å². The van der Waals surface area contributed by atoms with Crippen LogP contribution in [0.5, 0.6) is 0 Å². The average Bonchev–Trinajstić information content (AvgIpc) is 0.921. The summed E-state index contributed by atoms with van der Waals surface area (Å²) in [6, 6.07) is -3.36.